The Bertz CT molecular complexity index is 1180. The zero-order valence-corrected chi connectivity index (χ0v) is 24.4. The van der Waals surface area contributed by atoms with Crippen molar-refractivity contribution < 1.29 is 44.0 Å². The molecule has 0 spiro atoms. The Morgan fingerprint density at radius 2 is 1.88 bits per heavy atom. The molecule has 10 heteroatoms. The number of carboxylic acids is 1. The lowest BCUT2D eigenvalue weighted by molar-refractivity contribution is -0.181. The summed E-state index contributed by atoms with van der Waals surface area (Å²) in [5, 5.41) is 35.0. The third-order valence-corrected chi connectivity index (χ3v) is 10.8. The number of hydrogen-bond acceptors (Lipinski definition) is 8. The second-order valence-corrected chi connectivity index (χ2v) is 13.0. The Morgan fingerprint density at radius 3 is 2.54 bits per heavy atom. The SMILES string of the molecule is CC[C@H](C)[C@H](NC(=O)CCC(=O)OCC(=O)[C@@]1(O)CC[C@H]2[C@@H]3CCC4=CC(=O)C=C[C@]4(C)[C@@H]3[C@@H](O)C[C@@]21C)C(=O)O. The number of esters is 1. The molecule has 0 unspecified atom stereocenters. The van der Waals surface area contributed by atoms with E-state index in [0.29, 0.717) is 12.8 Å². The van der Waals surface area contributed by atoms with Gasteiger partial charge in [0.25, 0.3) is 0 Å². The first-order chi connectivity index (χ1) is 19.2. The van der Waals surface area contributed by atoms with Gasteiger partial charge in [0.1, 0.15) is 11.6 Å². The van der Waals surface area contributed by atoms with Gasteiger partial charge in [-0.25, -0.2) is 4.79 Å². The smallest absolute Gasteiger partial charge is 0.326 e. The predicted molar refractivity (Wildman–Crippen MR) is 147 cm³/mol. The van der Waals surface area contributed by atoms with Crippen LogP contribution in [0.5, 0.6) is 0 Å². The van der Waals surface area contributed by atoms with Crippen LogP contribution in [0.15, 0.2) is 23.8 Å². The van der Waals surface area contributed by atoms with Crippen LogP contribution in [0.25, 0.3) is 0 Å². The van der Waals surface area contributed by atoms with Crippen molar-refractivity contribution in [2.75, 3.05) is 6.61 Å². The van der Waals surface area contributed by atoms with Gasteiger partial charge in [-0.15, -0.1) is 0 Å². The largest absolute Gasteiger partial charge is 0.480 e. The van der Waals surface area contributed by atoms with Crippen LogP contribution in [0.4, 0.5) is 0 Å². The van der Waals surface area contributed by atoms with E-state index in [1.807, 2.05) is 19.9 Å². The summed E-state index contributed by atoms with van der Waals surface area (Å²) < 4.78 is 5.15. The number of ether oxygens (including phenoxy) is 1. The minimum atomic E-state index is -1.78. The van der Waals surface area contributed by atoms with Gasteiger partial charge >= 0.3 is 11.9 Å². The molecule has 0 heterocycles. The summed E-state index contributed by atoms with van der Waals surface area (Å²) in [5.74, 6) is -3.61. The quantitative estimate of drug-likeness (QED) is 0.287. The molecule has 226 valence electrons. The number of aliphatic hydroxyl groups excluding tert-OH is 1. The van der Waals surface area contributed by atoms with E-state index in [4.69, 9.17) is 4.74 Å². The molecule has 1 amide bonds. The van der Waals surface area contributed by atoms with Gasteiger partial charge in [0.2, 0.25) is 11.7 Å². The van der Waals surface area contributed by atoms with Crippen LogP contribution in [-0.2, 0) is 28.7 Å². The lowest BCUT2D eigenvalue weighted by atomic mass is 9.46. The van der Waals surface area contributed by atoms with E-state index in [9.17, 15) is 39.3 Å². The molecule has 4 aliphatic rings. The predicted octanol–water partition coefficient (Wildman–Crippen LogP) is 2.50. The van der Waals surface area contributed by atoms with E-state index in [1.165, 1.54) is 0 Å². The number of carboxylic acid groups (broad SMARTS) is 1. The lowest BCUT2D eigenvalue weighted by Gasteiger charge is -2.59. The summed E-state index contributed by atoms with van der Waals surface area (Å²) in [4.78, 5) is 61.4. The Morgan fingerprint density at radius 1 is 1.17 bits per heavy atom. The van der Waals surface area contributed by atoms with Crippen molar-refractivity contribution in [2.45, 2.75) is 96.8 Å². The average molecular weight is 574 g/mol. The van der Waals surface area contributed by atoms with Crippen LogP contribution in [0, 0.1) is 34.5 Å². The third kappa shape index (κ3) is 5.41. The third-order valence-electron chi connectivity index (χ3n) is 10.8. The fraction of sp³-hybridized carbons (Fsp3) is 0.710. The second kappa shape index (κ2) is 11.4. The van der Waals surface area contributed by atoms with Crippen molar-refractivity contribution in [3.63, 3.8) is 0 Å². The molecule has 3 fully saturated rings. The fourth-order valence-electron chi connectivity index (χ4n) is 8.27. The highest BCUT2D eigenvalue weighted by Gasteiger charge is 2.68. The van der Waals surface area contributed by atoms with Gasteiger partial charge in [0, 0.05) is 23.2 Å². The molecule has 0 radical (unpaired) electrons. The Hall–Kier alpha value is -2.85. The molecule has 0 saturated heterocycles. The van der Waals surface area contributed by atoms with Crippen LogP contribution in [0.1, 0.15) is 79.1 Å². The Labute approximate surface area is 240 Å². The van der Waals surface area contributed by atoms with E-state index in [0.717, 1.165) is 18.4 Å². The number of aliphatic hydroxyl groups is 2. The molecule has 4 rings (SSSR count). The van der Waals surface area contributed by atoms with Gasteiger partial charge in [0.15, 0.2) is 12.4 Å². The average Bonchev–Trinajstić information content (AvgIpc) is 3.19. The normalized spacial score (nSPS) is 37.1. The van der Waals surface area contributed by atoms with Gasteiger partial charge in [-0.05, 0) is 62.0 Å². The van der Waals surface area contributed by atoms with Crippen LogP contribution < -0.4 is 5.32 Å². The number of carbonyl (C=O) groups is 5. The molecule has 3 saturated carbocycles. The van der Waals surface area contributed by atoms with Crippen LogP contribution >= 0.6 is 0 Å². The number of Topliss-reactive ketones (excluding diaryl/α,β-unsaturated/α-hetero) is 1. The number of amides is 1. The Balaban J connectivity index is 1.37. The Kier molecular flexibility index (Phi) is 8.67. The summed E-state index contributed by atoms with van der Waals surface area (Å²) in [6.45, 7) is 6.78. The van der Waals surface area contributed by atoms with Crippen LogP contribution in [0.2, 0.25) is 0 Å². The number of ketones is 2. The summed E-state index contributed by atoms with van der Waals surface area (Å²) in [6.07, 6.45) is 6.76. The number of aliphatic carboxylic acids is 1. The van der Waals surface area contributed by atoms with Crippen molar-refractivity contribution in [1.82, 2.24) is 5.32 Å². The topological polar surface area (TPSA) is 167 Å². The summed E-state index contributed by atoms with van der Waals surface area (Å²) in [5.41, 5.74) is -2.12. The first-order valence-electron chi connectivity index (χ1n) is 14.7. The second-order valence-electron chi connectivity index (χ2n) is 13.0. The van der Waals surface area contributed by atoms with Gasteiger partial charge in [-0.3, -0.25) is 19.2 Å². The minimum Gasteiger partial charge on any atom is -0.480 e. The molecular formula is C31H43NO9. The maximum absolute atomic E-state index is 13.4. The van der Waals surface area contributed by atoms with Crippen LogP contribution in [0.3, 0.4) is 0 Å². The highest BCUT2D eigenvalue weighted by molar-refractivity contribution is 6.01. The standard InChI is InChI=1S/C31H43NO9/c1-5-17(2)27(28(38)39)32-24(36)8-9-25(37)41-16-23(35)31(40)13-11-21-20-7-6-18-14-19(33)10-12-29(18,3)26(20)22(34)15-30(21,31)4/h10,12,14,17,20-22,26-27,34,40H,5-9,11,13,15-16H2,1-4H3,(H,32,36)(H,38,39)/t17-,20-,21-,22-,26-,27-,29-,30-,31-/m0/s1. The maximum Gasteiger partial charge on any atom is 0.326 e. The lowest BCUT2D eigenvalue weighted by Crippen LogP contribution is -2.61. The molecule has 0 aromatic heterocycles. The molecule has 0 aromatic carbocycles. The van der Waals surface area contributed by atoms with E-state index in [2.05, 4.69) is 12.2 Å². The number of rotatable bonds is 10. The molecule has 0 aliphatic heterocycles. The van der Waals surface area contributed by atoms with Crippen molar-refractivity contribution in [1.29, 1.82) is 0 Å². The summed E-state index contributed by atoms with van der Waals surface area (Å²) >= 11 is 0. The van der Waals surface area contributed by atoms with Crippen molar-refractivity contribution in [3.05, 3.63) is 23.8 Å². The van der Waals surface area contributed by atoms with Crippen molar-refractivity contribution in [3.8, 4) is 0 Å². The van der Waals surface area contributed by atoms with Gasteiger partial charge in [-0.1, -0.05) is 45.8 Å². The van der Waals surface area contributed by atoms with E-state index in [1.54, 1.807) is 19.1 Å². The molecule has 10 nitrogen and oxygen atoms in total. The van der Waals surface area contributed by atoms with Crippen LogP contribution in [-0.4, -0.2) is 69.1 Å². The highest BCUT2D eigenvalue weighted by Crippen LogP contribution is 2.67. The van der Waals surface area contributed by atoms with E-state index >= 15 is 0 Å². The monoisotopic (exact) mass is 573 g/mol. The maximum atomic E-state index is 13.4. The molecule has 41 heavy (non-hydrogen) atoms. The van der Waals surface area contributed by atoms with Gasteiger partial charge in [-0.2, -0.15) is 0 Å². The zero-order valence-electron chi connectivity index (χ0n) is 24.4. The fourth-order valence-corrected chi connectivity index (χ4v) is 8.27. The van der Waals surface area contributed by atoms with Gasteiger partial charge < -0.3 is 25.4 Å². The zero-order chi connectivity index (χ0) is 30.3. The number of carbonyl (C=O) groups excluding carboxylic acids is 4. The van der Waals surface area contributed by atoms with E-state index in [-0.39, 0.29) is 55.1 Å². The first-order valence-corrected chi connectivity index (χ1v) is 14.7. The molecule has 0 bridgehead atoms. The van der Waals surface area contributed by atoms with Gasteiger partial charge in [0.05, 0.1) is 12.5 Å². The summed E-state index contributed by atoms with van der Waals surface area (Å²) in [6, 6.07) is -1.06. The van der Waals surface area contributed by atoms with Crippen molar-refractivity contribution in [2.24, 2.45) is 34.5 Å². The number of allylic oxidation sites excluding steroid dienone is 4. The minimum absolute atomic E-state index is 0.0265. The molecule has 4 N–H and O–H groups in total. The number of hydrogen-bond donors (Lipinski definition) is 4. The van der Waals surface area contributed by atoms with E-state index < -0.39 is 58.8 Å². The highest BCUT2D eigenvalue weighted by atomic mass is 16.5. The summed E-state index contributed by atoms with van der Waals surface area (Å²) in [7, 11) is 0. The van der Waals surface area contributed by atoms with Crippen molar-refractivity contribution >= 4 is 29.4 Å². The number of nitrogens with one attached hydrogen (secondary N) is 1. The molecule has 9 atom stereocenters. The number of fused-ring (bicyclic) bond motifs is 5. The molecular weight excluding hydrogens is 530 g/mol. The first kappa shape index (κ1) is 31.1. The molecule has 4 aliphatic carbocycles. The molecule has 0 aromatic rings.